The zero-order valence-electron chi connectivity index (χ0n) is 64.3. The lowest BCUT2D eigenvalue weighted by atomic mass is 10.1. The van der Waals surface area contributed by atoms with E-state index in [0.29, 0.717) is 25.7 Å². The maximum Gasteiger partial charge on any atom is 0.472 e. The van der Waals surface area contributed by atoms with Crippen molar-refractivity contribution in [1.29, 1.82) is 0 Å². The van der Waals surface area contributed by atoms with Gasteiger partial charge in [-0.25, -0.2) is 9.13 Å². The Morgan fingerprint density at radius 1 is 0.284 bits per heavy atom. The van der Waals surface area contributed by atoms with E-state index in [1.54, 1.807) is 0 Å². The maximum absolute atomic E-state index is 13.1. The Labute approximate surface area is 619 Å². The fraction of sp³-hybridized carbons (Fsp3) is 0.735. The fourth-order valence-electron chi connectivity index (χ4n) is 10.6. The van der Waals surface area contributed by atoms with E-state index < -0.39 is 97.5 Å². The molecular formula is C83H144O17P2. The smallest absolute Gasteiger partial charge is 0.462 e. The lowest BCUT2D eigenvalue weighted by molar-refractivity contribution is -0.161. The molecule has 102 heavy (non-hydrogen) atoms. The zero-order valence-corrected chi connectivity index (χ0v) is 66.0. The number of phosphoric ester groups is 2. The molecule has 0 aliphatic rings. The number of aliphatic hydroxyl groups is 1. The van der Waals surface area contributed by atoms with Crippen LogP contribution in [0.1, 0.15) is 336 Å². The van der Waals surface area contributed by atoms with E-state index in [2.05, 4.69) is 137 Å². The number of esters is 4. The van der Waals surface area contributed by atoms with Crippen LogP contribution < -0.4 is 0 Å². The molecule has 3 N–H and O–H groups in total. The zero-order chi connectivity index (χ0) is 74.6. The second kappa shape index (κ2) is 75.0. The third-order valence-corrected chi connectivity index (χ3v) is 18.6. The number of hydrogen-bond donors (Lipinski definition) is 3. The monoisotopic (exact) mass is 1470 g/mol. The molecule has 0 fully saturated rings. The molecule has 588 valence electrons. The van der Waals surface area contributed by atoms with Crippen LogP contribution in [0, 0.1) is 0 Å². The van der Waals surface area contributed by atoms with Gasteiger partial charge in [0.1, 0.15) is 19.3 Å². The lowest BCUT2D eigenvalue weighted by Gasteiger charge is -2.21. The first-order valence-electron chi connectivity index (χ1n) is 40.1. The Balaban J connectivity index is 5.38. The summed E-state index contributed by atoms with van der Waals surface area (Å²) >= 11 is 0. The van der Waals surface area contributed by atoms with Crippen LogP contribution in [0.3, 0.4) is 0 Å². The lowest BCUT2D eigenvalue weighted by Crippen LogP contribution is -2.30. The summed E-state index contributed by atoms with van der Waals surface area (Å²) in [4.78, 5) is 73.0. The first-order valence-corrected chi connectivity index (χ1v) is 43.1. The van der Waals surface area contributed by atoms with E-state index in [-0.39, 0.29) is 25.7 Å². The van der Waals surface area contributed by atoms with Gasteiger partial charge in [0, 0.05) is 25.7 Å². The third kappa shape index (κ3) is 74.0. The Morgan fingerprint density at radius 2 is 0.510 bits per heavy atom. The van der Waals surface area contributed by atoms with E-state index in [1.807, 2.05) is 0 Å². The largest absolute Gasteiger partial charge is 0.472 e. The van der Waals surface area contributed by atoms with Crippen molar-refractivity contribution in [2.45, 2.75) is 354 Å². The summed E-state index contributed by atoms with van der Waals surface area (Å²) in [6.45, 7) is 4.66. The molecule has 17 nitrogen and oxygen atoms in total. The molecule has 0 aliphatic heterocycles. The highest BCUT2D eigenvalue weighted by Gasteiger charge is 2.30. The van der Waals surface area contributed by atoms with Crippen molar-refractivity contribution in [3.63, 3.8) is 0 Å². The number of carbonyl (C=O) groups is 4. The molecule has 0 spiro atoms. The Kier molecular flexibility index (Phi) is 71.8. The maximum atomic E-state index is 13.1. The first-order chi connectivity index (χ1) is 49.7. The summed E-state index contributed by atoms with van der Waals surface area (Å²) in [6.07, 6.45) is 80.7. The van der Waals surface area contributed by atoms with Crippen molar-refractivity contribution >= 4 is 39.5 Å². The number of phosphoric acid groups is 2. The van der Waals surface area contributed by atoms with Gasteiger partial charge in [0.25, 0.3) is 0 Å². The number of rotatable bonds is 75. The van der Waals surface area contributed by atoms with Gasteiger partial charge in [-0.1, -0.05) is 265 Å². The number of carbonyl (C=O) groups excluding carboxylic acids is 4. The number of unbranched alkanes of at least 4 members (excludes halogenated alkanes) is 31. The molecule has 0 saturated heterocycles. The van der Waals surface area contributed by atoms with Crippen molar-refractivity contribution < 1.29 is 80.2 Å². The molecule has 0 amide bonds. The molecule has 5 atom stereocenters. The Morgan fingerprint density at radius 3 is 0.843 bits per heavy atom. The topological polar surface area (TPSA) is 237 Å². The quantitative estimate of drug-likeness (QED) is 0.0169. The minimum absolute atomic E-state index is 0.0751. The van der Waals surface area contributed by atoms with Crippen LogP contribution in [0.4, 0.5) is 0 Å². The van der Waals surface area contributed by atoms with Crippen molar-refractivity contribution in [2.75, 3.05) is 39.6 Å². The molecule has 0 aliphatic carbocycles. The summed E-state index contributed by atoms with van der Waals surface area (Å²) in [7, 11) is -9.97. The molecule has 0 heterocycles. The standard InChI is InChI=1S/C83H144O17P2/c1-5-9-13-17-21-25-29-33-36-37-38-39-42-45-48-52-56-60-64-68-81(86)94-73-78(99-82(87)69-65-61-57-53-49-43-32-28-24-20-16-12-8-4)75-97-101(89,90)95-71-77(84)72-96-102(91,92)98-76-79(100-83(88)70-66-62-58-54-50-46-41-35-31-27-23-19-15-11-7-3)74-93-80(85)67-63-59-55-51-47-44-40-34-30-26-22-18-14-10-6-2/h10,14,21-22,25-26,28,32-36,38-41,47,51,77-79,84H,5-9,11-13,15-20,23-24,27,29-31,37,42-46,48-50,52-76H2,1-4H3,(H,89,90)(H,91,92)/b14-10-,25-21-,26-22-,32-28-,36-33-,39-38-,40-34-,41-35-,51-47-. The number of allylic oxidation sites excluding steroid dienone is 18. The van der Waals surface area contributed by atoms with E-state index >= 15 is 0 Å². The molecule has 0 aromatic heterocycles. The highest BCUT2D eigenvalue weighted by atomic mass is 31.2. The van der Waals surface area contributed by atoms with Crippen LogP contribution in [0.15, 0.2) is 109 Å². The van der Waals surface area contributed by atoms with Crippen molar-refractivity contribution in [2.24, 2.45) is 0 Å². The van der Waals surface area contributed by atoms with Gasteiger partial charge in [0.05, 0.1) is 26.4 Å². The first kappa shape index (κ1) is 97.7. The van der Waals surface area contributed by atoms with Gasteiger partial charge in [-0.3, -0.25) is 37.3 Å². The summed E-state index contributed by atoms with van der Waals surface area (Å²) in [6, 6.07) is 0. The molecular weight excluding hydrogens is 1330 g/mol. The fourth-order valence-corrected chi connectivity index (χ4v) is 12.1. The van der Waals surface area contributed by atoms with Crippen LogP contribution in [0.5, 0.6) is 0 Å². The average Bonchev–Trinajstić information content (AvgIpc) is 0.919. The van der Waals surface area contributed by atoms with Crippen molar-refractivity contribution in [1.82, 2.24) is 0 Å². The number of hydrogen-bond acceptors (Lipinski definition) is 15. The van der Waals surface area contributed by atoms with Crippen LogP contribution in [-0.2, 0) is 65.4 Å². The summed E-state index contributed by atoms with van der Waals surface area (Å²) < 4.78 is 68.5. The predicted molar refractivity (Wildman–Crippen MR) is 418 cm³/mol. The second-order valence-electron chi connectivity index (χ2n) is 26.6. The van der Waals surface area contributed by atoms with E-state index in [4.69, 9.17) is 37.0 Å². The average molecular weight is 1480 g/mol. The van der Waals surface area contributed by atoms with Crippen molar-refractivity contribution in [3.8, 4) is 0 Å². The molecule has 0 saturated carbocycles. The van der Waals surface area contributed by atoms with Gasteiger partial charge in [-0.15, -0.1) is 0 Å². The van der Waals surface area contributed by atoms with Crippen LogP contribution in [-0.4, -0.2) is 96.7 Å². The normalized spacial score (nSPS) is 14.5. The number of ether oxygens (including phenoxy) is 4. The molecule has 0 aromatic rings. The predicted octanol–water partition coefficient (Wildman–Crippen LogP) is 23.3. The van der Waals surface area contributed by atoms with Crippen LogP contribution >= 0.6 is 15.6 Å². The minimum atomic E-state index is -4.99. The van der Waals surface area contributed by atoms with Crippen molar-refractivity contribution in [3.05, 3.63) is 109 Å². The molecule has 0 aromatic carbocycles. The SMILES string of the molecule is CC/C=C\C/C=C\C/C=C\C/C=C\CCCCC(=O)OCC(COP(=O)(O)OCC(O)COP(=O)(O)OCC(COC(=O)CCCCCCCC/C=C\C/C=C\C/C=C\CCCCC)OC(=O)CCCCCCC/C=C\CCCCCC)OC(=O)CCCCCCC/C=C\CCCCCCCC. The summed E-state index contributed by atoms with van der Waals surface area (Å²) in [5.74, 6) is -2.24. The molecule has 0 radical (unpaired) electrons. The highest BCUT2D eigenvalue weighted by molar-refractivity contribution is 7.47. The molecule has 5 unspecified atom stereocenters. The van der Waals surface area contributed by atoms with E-state index in [0.717, 1.165) is 173 Å². The molecule has 0 rings (SSSR count). The Hall–Kier alpha value is -4.28. The van der Waals surface area contributed by atoms with Crippen LogP contribution in [0.2, 0.25) is 0 Å². The third-order valence-electron chi connectivity index (χ3n) is 16.7. The Bertz CT molecular complexity index is 2360. The summed E-state index contributed by atoms with van der Waals surface area (Å²) in [5.41, 5.74) is 0. The minimum Gasteiger partial charge on any atom is -0.462 e. The van der Waals surface area contributed by atoms with E-state index in [9.17, 15) is 43.2 Å². The second-order valence-corrected chi connectivity index (χ2v) is 29.5. The van der Waals surface area contributed by atoms with Gasteiger partial charge in [0.2, 0.25) is 0 Å². The van der Waals surface area contributed by atoms with Gasteiger partial charge >= 0.3 is 39.5 Å². The number of aliphatic hydroxyl groups excluding tert-OH is 1. The van der Waals surface area contributed by atoms with E-state index in [1.165, 1.54) is 83.5 Å². The van der Waals surface area contributed by atoms with Gasteiger partial charge < -0.3 is 33.8 Å². The van der Waals surface area contributed by atoms with Gasteiger partial charge in [-0.2, -0.15) is 0 Å². The van der Waals surface area contributed by atoms with Crippen LogP contribution in [0.25, 0.3) is 0 Å². The molecule has 0 bridgehead atoms. The highest BCUT2D eigenvalue weighted by Crippen LogP contribution is 2.45. The van der Waals surface area contributed by atoms with Gasteiger partial charge in [-0.05, 0) is 154 Å². The molecule has 19 heteroatoms. The summed E-state index contributed by atoms with van der Waals surface area (Å²) in [5, 5.41) is 10.6. The van der Waals surface area contributed by atoms with Gasteiger partial charge in [0.15, 0.2) is 12.2 Å².